The van der Waals surface area contributed by atoms with E-state index in [9.17, 15) is 4.79 Å². The minimum absolute atomic E-state index is 0.155. The van der Waals surface area contributed by atoms with Gasteiger partial charge in [-0.3, -0.25) is 4.79 Å². The summed E-state index contributed by atoms with van der Waals surface area (Å²) in [4.78, 5) is 20.9. The zero-order valence-corrected chi connectivity index (χ0v) is 13.7. The zero-order chi connectivity index (χ0) is 16.9. The first-order chi connectivity index (χ1) is 11.6. The van der Waals surface area contributed by atoms with Crippen molar-refractivity contribution in [1.82, 2.24) is 9.97 Å². The van der Waals surface area contributed by atoms with Gasteiger partial charge in [-0.15, -0.1) is 0 Å². The number of ether oxygens (including phenoxy) is 1. The van der Waals surface area contributed by atoms with E-state index in [0.29, 0.717) is 19.0 Å². The van der Waals surface area contributed by atoms with Crippen molar-refractivity contribution in [3.63, 3.8) is 0 Å². The average Bonchev–Trinajstić information content (AvgIpc) is 2.62. The summed E-state index contributed by atoms with van der Waals surface area (Å²) in [7, 11) is 0. The van der Waals surface area contributed by atoms with Crippen LogP contribution in [0.1, 0.15) is 18.7 Å². The van der Waals surface area contributed by atoms with E-state index in [1.165, 1.54) is 0 Å². The first-order valence-corrected chi connectivity index (χ1v) is 8.18. The van der Waals surface area contributed by atoms with E-state index >= 15 is 0 Å². The quantitative estimate of drug-likeness (QED) is 0.898. The Bertz CT molecular complexity index is 714. The molecule has 2 aromatic rings. The number of benzene rings is 1. The fourth-order valence-corrected chi connectivity index (χ4v) is 2.89. The SMILES string of the molecule is Cc1nccc(-c2cccc(NC(=O)C(N)C3CCOCC3)c2)n1. The number of nitrogens with two attached hydrogens (primary N) is 1. The number of aryl methyl sites for hydroxylation is 1. The fraction of sp³-hybridized carbons (Fsp3) is 0.389. The molecule has 0 bridgehead atoms. The van der Waals surface area contributed by atoms with Gasteiger partial charge in [0.15, 0.2) is 0 Å². The molecule has 1 unspecified atom stereocenters. The second kappa shape index (κ2) is 7.51. The maximum Gasteiger partial charge on any atom is 0.241 e. The molecular weight excluding hydrogens is 304 g/mol. The van der Waals surface area contributed by atoms with Crippen molar-refractivity contribution in [2.45, 2.75) is 25.8 Å². The summed E-state index contributed by atoms with van der Waals surface area (Å²) < 4.78 is 5.32. The normalized spacial score (nSPS) is 16.6. The van der Waals surface area contributed by atoms with E-state index in [4.69, 9.17) is 10.5 Å². The molecule has 1 fully saturated rings. The zero-order valence-electron chi connectivity index (χ0n) is 13.7. The molecule has 1 amide bonds. The lowest BCUT2D eigenvalue weighted by Crippen LogP contribution is -2.44. The van der Waals surface area contributed by atoms with E-state index in [1.807, 2.05) is 37.3 Å². The summed E-state index contributed by atoms with van der Waals surface area (Å²) in [6, 6.07) is 8.93. The Labute approximate surface area is 141 Å². The lowest BCUT2D eigenvalue weighted by atomic mass is 9.92. The lowest BCUT2D eigenvalue weighted by Gasteiger charge is -2.26. The second-order valence-corrected chi connectivity index (χ2v) is 6.03. The van der Waals surface area contributed by atoms with Crippen LogP contribution >= 0.6 is 0 Å². The highest BCUT2D eigenvalue weighted by atomic mass is 16.5. The third-order valence-electron chi connectivity index (χ3n) is 4.28. The molecule has 6 nitrogen and oxygen atoms in total. The standard InChI is InChI=1S/C18H22N4O2/c1-12-20-8-5-16(21-12)14-3-2-4-15(11-14)22-18(23)17(19)13-6-9-24-10-7-13/h2-5,8,11,13,17H,6-7,9-10,19H2,1H3,(H,22,23). The van der Waals surface area contributed by atoms with Crippen LogP contribution in [0, 0.1) is 12.8 Å². The van der Waals surface area contributed by atoms with Crippen molar-refractivity contribution in [1.29, 1.82) is 0 Å². The van der Waals surface area contributed by atoms with Gasteiger partial charge in [0.05, 0.1) is 11.7 Å². The summed E-state index contributed by atoms with van der Waals surface area (Å²) >= 11 is 0. The fourth-order valence-electron chi connectivity index (χ4n) is 2.89. The number of nitrogens with one attached hydrogen (secondary N) is 1. The van der Waals surface area contributed by atoms with Crippen LogP contribution in [0.5, 0.6) is 0 Å². The van der Waals surface area contributed by atoms with Gasteiger partial charge in [0.1, 0.15) is 5.82 Å². The topological polar surface area (TPSA) is 90.1 Å². The van der Waals surface area contributed by atoms with E-state index in [2.05, 4.69) is 15.3 Å². The first kappa shape index (κ1) is 16.5. The minimum Gasteiger partial charge on any atom is -0.381 e. The third-order valence-corrected chi connectivity index (χ3v) is 4.28. The summed E-state index contributed by atoms with van der Waals surface area (Å²) in [6.07, 6.45) is 3.38. The molecule has 1 aromatic heterocycles. The Hall–Kier alpha value is -2.31. The van der Waals surface area contributed by atoms with E-state index in [-0.39, 0.29) is 11.8 Å². The molecule has 1 saturated heterocycles. The predicted octanol–water partition coefficient (Wildman–Crippen LogP) is 2.14. The van der Waals surface area contributed by atoms with E-state index in [1.54, 1.807) is 6.20 Å². The molecule has 1 aromatic carbocycles. The Kier molecular flexibility index (Phi) is 5.17. The molecule has 0 spiro atoms. The summed E-state index contributed by atoms with van der Waals surface area (Å²) in [6.45, 7) is 3.20. The molecule has 126 valence electrons. The van der Waals surface area contributed by atoms with Crippen molar-refractivity contribution < 1.29 is 9.53 Å². The molecule has 1 atom stereocenters. The van der Waals surface area contributed by atoms with Crippen molar-refractivity contribution >= 4 is 11.6 Å². The summed E-state index contributed by atoms with van der Waals surface area (Å²) in [5.74, 6) is 0.729. The van der Waals surface area contributed by atoms with Gasteiger partial charge in [-0.1, -0.05) is 12.1 Å². The van der Waals surface area contributed by atoms with Crippen LogP contribution in [0.15, 0.2) is 36.5 Å². The number of nitrogens with zero attached hydrogens (tertiary/aromatic N) is 2. The van der Waals surface area contributed by atoms with Crippen molar-refractivity contribution in [3.05, 3.63) is 42.4 Å². The maximum absolute atomic E-state index is 12.4. The Morgan fingerprint density at radius 2 is 2.12 bits per heavy atom. The molecule has 2 heterocycles. The van der Waals surface area contributed by atoms with Gasteiger partial charge < -0.3 is 15.8 Å². The highest BCUT2D eigenvalue weighted by Crippen LogP contribution is 2.22. The number of hydrogen-bond acceptors (Lipinski definition) is 5. The number of carbonyl (C=O) groups excluding carboxylic acids is 1. The van der Waals surface area contributed by atoms with Crippen molar-refractivity contribution in [3.8, 4) is 11.3 Å². The largest absolute Gasteiger partial charge is 0.381 e. The van der Waals surface area contributed by atoms with Gasteiger partial charge in [-0.25, -0.2) is 9.97 Å². The number of anilines is 1. The van der Waals surface area contributed by atoms with Gasteiger partial charge in [0.25, 0.3) is 0 Å². The molecule has 6 heteroatoms. The number of hydrogen-bond donors (Lipinski definition) is 2. The van der Waals surface area contributed by atoms with E-state index < -0.39 is 6.04 Å². The van der Waals surface area contributed by atoms with Crippen molar-refractivity contribution in [2.75, 3.05) is 18.5 Å². The molecular formula is C18H22N4O2. The molecule has 0 aliphatic carbocycles. The molecule has 1 aliphatic rings. The molecule has 0 radical (unpaired) electrons. The van der Waals surface area contributed by atoms with Gasteiger partial charge in [-0.2, -0.15) is 0 Å². The predicted molar refractivity (Wildman–Crippen MR) is 92.4 cm³/mol. The van der Waals surface area contributed by atoms with E-state index in [0.717, 1.165) is 29.8 Å². The Morgan fingerprint density at radius 3 is 2.88 bits per heavy atom. The highest BCUT2D eigenvalue weighted by Gasteiger charge is 2.26. The second-order valence-electron chi connectivity index (χ2n) is 6.03. The maximum atomic E-state index is 12.4. The summed E-state index contributed by atoms with van der Waals surface area (Å²) in [5.41, 5.74) is 8.59. The monoisotopic (exact) mass is 326 g/mol. The highest BCUT2D eigenvalue weighted by molar-refractivity contribution is 5.95. The first-order valence-electron chi connectivity index (χ1n) is 8.18. The average molecular weight is 326 g/mol. The molecule has 3 N–H and O–H groups in total. The molecule has 24 heavy (non-hydrogen) atoms. The van der Waals surface area contributed by atoms with Gasteiger partial charge in [0.2, 0.25) is 5.91 Å². The van der Waals surface area contributed by atoms with Crippen LogP contribution in [0.25, 0.3) is 11.3 Å². The molecule has 1 aliphatic heterocycles. The van der Waals surface area contributed by atoms with Gasteiger partial charge in [-0.05, 0) is 43.9 Å². The van der Waals surface area contributed by atoms with Crippen LogP contribution in [-0.2, 0) is 9.53 Å². The summed E-state index contributed by atoms with van der Waals surface area (Å²) in [5, 5.41) is 2.92. The van der Waals surface area contributed by atoms with Crippen LogP contribution in [0.3, 0.4) is 0 Å². The van der Waals surface area contributed by atoms with Gasteiger partial charge >= 0.3 is 0 Å². The van der Waals surface area contributed by atoms with Crippen molar-refractivity contribution in [2.24, 2.45) is 11.7 Å². The van der Waals surface area contributed by atoms with Crippen LogP contribution in [0.4, 0.5) is 5.69 Å². The van der Waals surface area contributed by atoms with Crippen LogP contribution in [0.2, 0.25) is 0 Å². The Balaban J connectivity index is 1.71. The van der Waals surface area contributed by atoms with Crippen LogP contribution < -0.4 is 11.1 Å². The number of rotatable bonds is 4. The minimum atomic E-state index is -0.515. The smallest absolute Gasteiger partial charge is 0.241 e. The molecule has 0 saturated carbocycles. The van der Waals surface area contributed by atoms with Gasteiger partial charge in [0, 0.05) is 30.7 Å². The third kappa shape index (κ3) is 3.96. The Morgan fingerprint density at radius 1 is 1.33 bits per heavy atom. The number of amides is 1. The lowest BCUT2D eigenvalue weighted by molar-refractivity contribution is -0.119. The molecule has 3 rings (SSSR count). The van der Waals surface area contributed by atoms with Crippen LogP contribution in [-0.4, -0.2) is 35.1 Å². The number of carbonyl (C=O) groups is 1. The number of aromatic nitrogens is 2.